The van der Waals surface area contributed by atoms with Crippen molar-refractivity contribution in [3.8, 4) is 5.75 Å². The molecule has 0 fully saturated rings. The Balaban J connectivity index is 2.05. The Bertz CT molecular complexity index is 635. The molecule has 0 aliphatic heterocycles. The molecular formula is C15H19N3O3. The maximum atomic E-state index is 11.1. The van der Waals surface area contributed by atoms with Gasteiger partial charge in [-0.2, -0.15) is 0 Å². The van der Waals surface area contributed by atoms with Gasteiger partial charge in [0.2, 0.25) is 0 Å². The molecule has 0 unspecified atom stereocenters. The lowest BCUT2D eigenvalue weighted by Gasteiger charge is -2.11. The van der Waals surface area contributed by atoms with E-state index in [1.54, 1.807) is 4.68 Å². The van der Waals surface area contributed by atoms with E-state index in [9.17, 15) is 4.79 Å². The van der Waals surface area contributed by atoms with Gasteiger partial charge < -0.3 is 9.84 Å². The highest BCUT2D eigenvalue weighted by Gasteiger charge is 2.21. The Morgan fingerprint density at radius 1 is 1.43 bits per heavy atom. The van der Waals surface area contributed by atoms with E-state index in [2.05, 4.69) is 10.3 Å². The average molecular weight is 289 g/mol. The lowest BCUT2D eigenvalue weighted by atomic mass is 10.1. The maximum Gasteiger partial charge on any atom is 0.358 e. The topological polar surface area (TPSA) is 77.2 Å². The van der Waals surface area contributed by atoms with Gasteiger partial charge in [-0.25, -0.2) is 9.48 Å². The van der Waals surface area contributed by atoms with E-state index in [0.717, 1.165) is 11.3 Å². The number of ether oxygens (including phenoxy) is 1. The molecule has 1 aromatic heterocycles. The van der Waals surface area contributed by atoms with Gasteiger partial charge in [0.15, 0.2) is 5.69 Å². The number of aryl methyl sites for hydroxylation is 1. The second-order valence-corrected chi connectivity index (χ2v) is 5.17. The summed E-state index contributed by atoms with van der Waals surface area (Å²) in [5, 5.41) is 16.8. The highest BCUT2D eigenvalue weighted by molar-refractivity contribution is 5.86. The number of benzene rings is 1. The zero-order chi connectivity index (χ0) is 15.4. The molecular weight excluding hydrogens is 270 g/mol. The molecule has 0 radical (unpaired) electrons. The number of carboxylic acid groups (broad SMARTS) is 1. The second-order valence-electron chi connectivity index (χ2n) is 5.17. The van der Waals surface area contributed by atoms with Crippen LogP contribution in [-0.4, -0.2) is 32.7 Å². The van der Waals surface area contributed by atoms with E-state index in [1.807, 2.05) is 45.0 Å². The smallest absolute Gasteiger partial charge is 0.358 e. The van der Waals surface area contributed by atoms with Crippen LogP contribution in [-0.2, 0) is 6.54 Å². The lowest BCUT2D eigenvalue weighted by molar-refractivity contribution is 0.0688. The zero-order valence-electron chi connectivity index (χ0n) is 12.4. The number of hydrogen-bond acceptors (Lipinski definition) is 4. The minimum atomic E-state index is -1.05. The molecule has 2 rings (SSSR count). The van der Waals surface area contributed by atoms with Gasteiger partial charge in [-0.15, -0.1) is 5.10 Å². The van der Waals surface area contributed by atoms with Crippen molar-refractivity contribution in [2.24, 2.45) is 0 Å². The SMILES string of the molecule is Cc1cccc(OCCn2nnc(C(=O)O)c2C(C)C)c1. The van der Waals surface area contributed by atoms with Crippen molar-refractivity contribution in [1.29, 1.82) is 0 Å². The van der Waals surface area contributed by atoms with Crippen molar-refractivity contribution >= 4 is 5.97 Å². The molecule has 112 valence electrons. The number of carbonyl (C=O) groups is 1. The van der Waals surface area contributed by atoms with Crippen molar-refractivity contribution in [2.75, 3.05) is 6.61 Å². The Hall–Kier alpha value is -2.37. The number of rotatable bonds is 6. The van der Waals surface area contributed by atoms with Crippen LogP contribution in [0.25, 0.3) is 0 Å². The first-order chi connectivity index (χ1) is 9.99. The average Bonchev–Trinajstić information content (AvgIpc) is 2.83. The molecule has 6 nitrogen and oxygen atoms in total. The van der Waals surface area contributed by atoms with Crippen molar-refractivity contribution < 1.29 is 14.6 Å². The Kier molecular flexibility index (Phi) is 4.57. The molecule has 0 saturated carbocycles. The van der Waals surface area contributed by atoms with Crippen molar-refractivity contribution in [3.05, 3.63) is 41.2 Å². The largest absolute Gasteiger partial charge is 0.492 e. The summed E-state index contributed by atoms with van der Waals surface area (Å²) in [6.07, 6.45) is 0. The monoisotopic (exact) mass is 289 g/mol. The molecule has 2 aromatic rings. The number of hydrogen-bond donors (Lipinski definition) is 1. The third-order valence-corrected chi connectivity index (χ3v) is 3.08. The van der Waals surface area contributed by atoms with Gasteiger partial charge in [0.05, 0.1) is 12.2 Å². The van der Waals surface area contributed by atoms with E-state index in [1.165, 1.54) is 0 Å². The van der Waals surface area contributed by atoms with Crippen LogP contribution in [0.4, 0.5) is 0 Å². The van der Waals surface area contributed by atoms with Gasteiger partial charge in [0, 0.05) is 0 Å². The number of nitrogens with zero attached hydrogens (tertiary/aromatic N) is 3. The zero-order valence-corrected chi connectivity index (χ0v) is 12.4. The molecule has 0 atom stereocenters. The number of carboxylic acids is 1. The van der Waals surface area contributed by atoms with Crippen molar-refractivity contribution in [2.45, 2.75) is 33.2 Å². The summed E-state index contributed by atoms with van der Waals surface area (Å²) >= 11 is 0. The van der Waals surface area contributed by atoms with Gasteiger partial charge in [-0.1, -0.05) is 31.2 Å². The summed E-state index contributed by atoms with van der Waals surface area (Å²) in [7, 11) is 0. The molecule has 0 amide bonds. The van der Waals surface area contributed by atoms with E-state index >= 15 is 0 Å². The van der Waals surface area contributed by atoms with E-state index in [0.29, 0.717) is 18.8 Å². The maximum absolute atomic E-state index is 11.1. The van der Waals surface area contributed by atoms with E-state index in [-0.39, 0.29) is 11.6 Å². The van der Waals surface area contributed by atoms with Crippen LogP contribution in [0.1, 0.15) is 41.5 Å². The Morgan fingerprint density at radius 3 is 2.81 bits per heavy atom. The first kappa shape index (κ1) is 15.0. The summed E-state index contributed by atoms with van der Waals surface area (Å²) in [5.41, 5.74) is 1.76. The molecule has 0 bridgehead atoms. The van der Waals surface area contributed by atoms with Crippen LogP contribution in [0.5, 0.6) is 5.75 Å². The second kappa shape index (κ2) is 6.39. The predicted molar refractivity (Wildman–Crippen MR) is 77.7 cm³/mol. The van der Waals surface area contributed by atoms with Gasteiger partial charge in [0.1, 0.15) is 12.4 Å². The lowest BCUT2D eigenvalue weighted by Crippen LogP contribution is -2.14. The summed E-state index contributed by atoms with van der Waals surface area (Å²) < 4.78 is 7.26. The fourth-order valence-electron chi connectivity index (χ4n) is 2.16. The fraction of sp³-hybridized carbons (Fsp3) is 0.400. The molecule has 0 spiro atoms. The summed E-state index contributed by atoms with van der Waals surface area (Å²) in [6.45, 7) is 6.71. The normalized spacial score (nSPS) is 10.9. The Morgan fingerprint density at radius 2 is 2.19 bits per heavy atom. The third kappa shape index (κ3) is 3.59. The first-order valence-electron chi connectivity index (χ1n) is 6.85. The first-order valence-corrected chi connectivity index (χ1v) is 6.85. The molecule has 1 aromatic carbocycles. The fourth-order valence-corrected chi connectivity index (χ4v) is 2.16. The van der Waals surface area contributed by atoms with E-state index < -0.39 is 5.97 Å². The summed E-state index contributed by atoms with van der Waals surface area (Å²) in [5.74, 6) is -0.228. The van der Waals surface area contributed by atoms with Gasteiger partial charge >= 0.3 is 5.97 Å². The predicted octanol–water partition coefficient (Wildman–Crippen LogP) is 2.49. The third-order valence-electron chi connectivity index (χ3n) is 3.08. The summed E-state index contributed by atoms with van der Waals surface area (Å²) in [4.78, 5) is 11.1. The quantitative estimate of drug-likeness (QED) is 0.884. The van der Waals surface area contributed by atoms with Crippen LogP contribution >= 0.6 is 0 Å². The molecule has 21 heavy (non-hydrogen) atoms. The molecule has 0 aliphatic rings. The van der Waals surface area contributed by atoms with Gasteiger partial charge in [-0.05, 0) is 30.5 Å². The van der Waals surface area contributed by atoms with Gasteiger partial charge in [-0.3, -0.25) is 0 Å². The highest BCUT2D eigenvalue weighted by Crippen LogP contribution is 2.18. The highest BCUT2D eigenvalue weighted by atomic mass is 16.5. The van der Waals surface area contributed by atoms with Crippen LogP contribution in [0, 0.1) is 6.92 Å². The standard InChI is InChI=1S/C15H19N3O3/c1-10(2)14-13(15(19)20)16-17-18(14)7-8-21-12-6-4-5-11(3)9-12/h4-6,9-10H,7-8H2,1-3H3,(H,19,20). The van der Waals surface area contributed by atoms with Crippen LogP contribution in [0.2, 0.25) is 0 Å². The minimum Gasteiger partial charge on any atom is -0.492 e. The van der Waals surface area contributed by atoms with Crippen LogP contribution in [0.3, 0.4) is 0 Å². The number of aromatic carboxylic acids is 1. The molecule has 0 aliphatic carbocycles. The van der Waals surface area contributed by atoms with E-state index in [4.69, 9.17) is 9.84 Å². The van der Waals surface area contributed by atoms with Crippen LogP contribution < -0.4 is 4.74 Å². The van der Waals surface area contributed by atoms with Crippen molar-refractivity contribution in [1.82, 2.24) is 15.0 Å². The molecule has 1 heterocycles. The minimum absolute atomic E-state index is 0.0144. The van der Waals surface area contributed by atoms with Crippen molar-refractivity contribution in [3.63, 3.8) is 0 Å². The van der Waals surface area contributed by atoms with Crippen LogP contribution in [0.15, 0.2) is 24.3 Å². The van der Waals surface area contributed by atoms with Gasteiger partial charge in [0.25, 0.3) is 0 Å². The molecule has 0 saturated heterocycles. The number of aromatic nitrogens is 3. The Labute approximate surface area is 123 Å². The molecule has 6 heteroatoms. The molecule has 1 N–H and O–H groups in total. The summed E-state index contributed by atoms with van der Waals surface area (Å²) in [6, 6.07) is 7.77.